The van der Waals surface area contributed by atoms with Crippen molar-refractivity contribution >= 4 is 21.8 Å². The molecule has 3 aromatic carbocycles. The van der Waals surface area contributed by atoms with Crippen LogP contribution >= 0.6 is 0 Å². The van der Waals surface area contributed by atoms with Gasteiger partial charge >= 0.3 is 70.6 Å². The summed E-state index contributed by atoms with van der Waals surface area (Å²) in [5.74, 6) is 0. The van der Waals surface area contributed by atoms with Crippen molar-refractivity contribution in [1.29, 1.82) is 0 Å². The maximum atomic E-state index is 3.32. The average molecular weight is 736 g/mol. The second-order valence-corrected chi connectivity index (χ2v) is 19.3. The number of benzene rings is 3. The smallest absolute Gasteiger partial charge is 1.00 e. The van der Waals surface area contributed by atoms with E-state index in [0.717, 1.165) is 25.7 Å². The van der Waals surface area contributed by atoms with Crippen molar-refractivity contribution in [2.75, 3.05) is 0 Å². The summed E-state index contributed by atoms with van der Waals surface area (Å²) in [7, 11) is 0. The molecule has 0 bridgehead atoms. The zero-order chi connectivity index (χ0) is 26.6. The SMILES string of the molecule is CCc1ccc(C2=CC[C-]=C2C)cc1.CCc1ccc(C2=CC[C-]=C2C)cc1.C[Si](=[Hf+2])c1ccccc1.[Cl-].[Cl-]. The van der Waals surface area contributed by atoms with Crippen molar-refractivity contribution in [2.24, 2.45) is 0 Å². The number of halogens is 2. The Bertz CT molecular complexity index is 1220. The molecule has 0 heterocycles. The molecule has 0 unspecified atom stereocenters. The van der Waals surface area contributed by atoms with Crippen LogP contribution in [0.2, 0.25) is 6.55 Å². The van der Waals surface area contributed by atoms with Crippen molar-refractivity contribution in [2.45, 2.75) is 59.9 Å². The fourth-order valence-electron chi connectivity index (χ4n) is 4.31. The van der Waals surface area contributed by atoms with Crippen LogP contribution in [0.1, 0.15) is 62.8 Å². The van der Waals surface area contributed by atoms with E-state index in [2.05, 4.69) is 137 Å². The Morgan fingerprint density at radius 3 is 1.28 bits per heavy atom. The Labute approximate surface area is 264 Å². The molecular formula is C35H38Cl2HfSi-2. The maximum absolute atomic E-state index is 3.32. The number of aryl methyl sites for hydroxylation is 2. The van der Waals surface area contributed by atoms with Gasteiger partial charge in [0, 0.05) is 0 Å². The van der Waals surface area contributed by atoms with Gasteiger partial charge < -0.3 is 24.8 Å². The Morgan fingerprint density at radius 1 is 0.641 bits per heavy atom. The minimum absolute atomic E-state index is 0. The van der Waals surface area contributed by atoms with Gasteiger partial charge in [-0.25, -0.2) is 11.1 Å². The van der Waals surface area contributed by atoms with Crippen LogP contribution in [0.4, 0.5) is 0 Å². The Balaban J connectivity index is 0.000000292. The Hall–Kier alpha value is -1.71. The topological polar surface area (TPSA) is 0 Å². The second-order valence-electron chi connectivity index (χ2n) is 9.34. The molecule has 2 aliphatic carbocycles. The van der Waals surface area contributed by atoms with E-state index in [9.17, 15) is 0 Å². The number of allylic oxidation sites excluding steroid dienone is 8. The van der Waals surface area contributed by atoms with Gasteiger partial charge in [-0.05, 0) is 24.0 Å². The van der Waals surface area contributed by atoms with E-state index in [-0.39, 0.29) is 30.3 Å². The van der Waals surface area contributed by atoms with Crippen molar-refractivity contribution in [3.05, 3.63) is 137 Å². The Morgan fingerprint density at radius 2 is 1.03 bits per heavy atom. The molecule has 0 saturated carbocycles. The van der Waals surface area contributed by atoms with Crippen molar-refractivity contribution in [1.82, 2.24) is 0 Å². The molecule has 39 heavy (non-hydrogen) atoms. The molecule has 0 radical (unpaired) electrons. The summed E-state index contributed by atoms with van der Waals surface area (Å²) in [5.41, 5.74) is 10.7. The van der Waals surface area contributed by atoms with Crippen LogP contribution in [0.5, 0.6) is 0 Å². The fourth-order valence-corrected chi connectivity index (χ4v) is 6.79. The normalized spacial score (nSPS) is 13.1. The van der Waals surface area contributed by atoms with Crippen LogP contribution < -0.4 is 30.0 Å². The summed E-state index contributed by atoms with van der Waals surface area (Å²) in [5, 5.41) is 1.58. The first-order valence-electron chi connectivity index (χ1n) is 13.3. The summed E-state index contributed by atoms with van der Waals surface area (Å²) < 4.78 is 0. The maximum Gasteiger partial charge on any atom is -1.00 e. The summed E-state index contributed by atoms with van der Waals surface area (Å²) in [6, 6.07) is 28.5. The van der Waals surface area contributed by atoms with Crippen molar-refractivity contribution in [3.63, 3.8) is 0 Å². The molecule has 5 rings (SSSR count). The van der Waals surface area contributed by atoms with Gasteiger partial charge in [0.1, 0.15) is 0 Å². The molecule has 0 atom stereocenters. The van der Waals surface area contributed by atoms with E-state index in [1.807, 2.05) is 0 Å². The Kier molecular flexibility index (Phi) is 16.8. The van der Waals surface area contributed by atoms with Crippen LogP contribution in [-0.4, -0.2) is 5.49 Å². The van der Waals surface area contributed by atoms with Gasteiger partial charge in [0.25, 0.3) is 0 Å². The third-order valence-electron chi connectivity index (χ3n) is 6.71. The molecule has 0 amide bonds. The van der Waals surface area contributed by atoms with E-state index >= 15 is 0 Å². The molecule has 0 spiro atoms. The number of rotatable bonds is 5. The molecule has 3 aromatic rings. The number of hydrogen-bond donors (Lipinski definition) is 0. The van der Waals surface area contributed by atoms with E-state index in [4.69, 9.17) is 0 Å². The molecule has 4 heteroatoms. The molecule has 0 nitrogen and oxygen atoms in total. The number of hydrogen-bond acceptors (Lipinski definition) is 0. The van der Waals surface area contributed by atoms with Gasteiger partial charge in [-0.15, -0.1) is 24.0 Å². The van der Waals surface area contributed by atoms with E-state index < -0.39 is 0 Å². The zero-order valence-corrected chi connectivity index (χ0v) is 29.8. The summed E-state index contributed by atoms with van der Waals surface area (Å²) in [6.07, 6.45) is 15.3. The minimum Gasteiger partial charge on any atom is -1.00 e. The van der Waals surface area contributed by atoms with E-state index in [1.165, 1.54) is 67.5 Å². The van der Waals surface area contributed by atoms with Crippen LogP contribution in [-0.2, 0) is 35.8 Å². The standard InChI is InChI=1S/2C14H15.C7H8Si.2ClH.Hf/c2*1-3-12-7-9-13(10-8-12)14-6-4-5-11(14)2;1-8-7-5-3-2-4-6-7;;;/h2*6-10H,3-4H2,1-2H3;2-6H,1H3;2*1H;/q2*-1;;;;+2/p-2. The predicted molar refractivity (Wildman–Crippen MR) is 159 cm³/mol. The molecule has 0 saturated heterocycles. The molecule has 0 aromatic heterocycles. The van der Waals surface area contributed by atoms with Crippen molar-refractivity contribution < 1.29 is 47.8 Å². The quantitative estimate of drug-likeness (QED) is 0.280. The van der Waals surface area contributed by atoms with Crippen LogP contribution in [0.3, 0.4) is 0 Å². The summed E-state index contributed by atoms with van der Waals surface area (Å²) in [6.45, 7) is 11.0. The molecule has 2 aliphatic rings. The first-order chi connectivity index (χ1) is 17.9. The molecule has 0 fully saturated rings. The van der Waals surface area contributed by atoms with Crippen LogP contribution in [0.15, 0.2) is 102 Å². The van der Waals surface area contributed by atoms with E-state index in [0.29, 0.717) is 0 Å². The van der Waals surface area contributed by atoms with Gasteiger partial charge in [0.15, 0.2) is 0 Å². The van der Waals surface area contributed by atoms with Gasteiger partial charge in [0.05, 0.1) is 0 Å². The van der Waals surface area contributed by atoms with Crippen LogP contribution in [0, 0.1) is 12.2 Å². The van der Waals surface area contributed by atoms with Gasteiger partial charge in [0.2, 0.25) is 0 Å². The molecule has 0 N–H and O–H groups in total. The summed E-state index contributed by atoms with van der Waals surface area (Å²) in [4.78, 5) is 0. The van der Waals surface area contributed by atoms with Crippen molar-refractivity contribution in [3.8, 4) is 0 Å². The van der Waals surface area contributed by atoms with Crippen LogP contribution in [0.25, 0.3) is 11.1 Å². The molecular weight excluding hydrogens is 698 g/mol. The second kappa shape index (κ2) is 18.6. The van der Waals surface area contributed by atoms with Gasteiger partial charge in [-0.1, -0.05) is 76.2 Å². The largest absolute Gasteiger partial charge is 1.00 e. The first-order valence-corrected chi connectivity index (χ1v) is 20.7. The van der Waals surface area contributed by atoms with Gasteiger partial charge in [-0.2, -0.15) is 23.3 Å². The molecule has 202 valence electrons. The van der Waals surface area contributed by atoms with Gasteiger partial charge in [-0.3, -0.25) is 12.2 Å². The third kappa shape index (κ3) is 11.0. The third-order valence-corrected chi connectivity index (χ3v) is 11.0. The fraction of sp³-hybridized carbons (Fsp3) is 0.257. The minimum atomic E-state index is -0.0733. The molecule has 0 aliphatic heterocycles. The first kappa shape index (κ1) is 35.3. The zero-order valence-electron chi connectivity index (χ0n) is 23.7. The van der Waals surface area contributed by atoms with E-state index in [1.54, 1.807) is 5.19 Å². The predicted octanol–water partition coefficient (Wildman–Crippen LogP) is 2.64. The monoisotopic (exact) mass is 736 g/mol. The summed E-state index contributed by atoms with van der Waals surface area (Å²) >= 11 is 1.36. The average Bonchev–Trinajstić information content (AvgIpc) is 3.58.